The Labute approximate surface area is 505 Å². The highest BCUT2D eigenvalue weighted by atomic mass is 15.0. The maximum absolute atomic E-state index is 2.57. The van der Waals surface area contributed by atoms with Gasteiger partial charge in [0.05, 0.1) is 55.2 Å². The number of hydrogen-bond donors (Lipinski definition) is 0. The molecule has 6 aromatic heterocycles. The molecule has 14 aromatic carbocycles. The van der Waals surface area contributed by atoms with E-state index in [4.69, 9.17) is 0 Å². The summed E-state index contributed by atoms with van der Waals surface area (Å²) in [7, 11) is 0. The Morgan fingerprint density at radius 2 is 0.534 bits per heavy atom. The van der Waals surface area contributed by atoms with Gasteiger partial charge in [-0.25, -0.2) is 0 Å². The molecule has 0 aliphatic rings. The molecule has 406 valence electrons. The number of nitrogens with zero attached hydrogens (tertiary/aromatic N) is 4. The van der Waals surface area contributed by atoms with Gasteiger partial charge in [0.15, 0.2) is 0 Å². The van der Waals surface area contributed by atoms with Crippen LogP contribution in [-0.2, 0) is 0 Å². The fourth-order valence-corrected chi connectivity index (χ4v) is 15.7. The first kappa shape index (κ1) is 47.6. The van der Waals surface area contributed by atoms with Crippen LogP contribution in [0.1, 0.15) is 0 Å². The van der Waals surface area contributed by atoms with Crippen molar-refractivity contribution in [3.63, 3.8) is 0 Å². The summed E-state index contributed by atoms with van der Waals surface area (Å²) in [6.07, 6.45) is 0. The van der Waals surface area contributed by atoms with Crippen LogP contribution in [-0.4, -0.2) is 17.9 Å². The molecule has 0 fully saturated rings. The predicted molar refractivity (Wildman–Crippen MR) is 372 cm³/mol. The Hall–Kier alpha value is -11.7. The average Bonchev–Trinajstić information content (AvgIpc) is 1.55. The summed E-state index contributed by atoms with van der Waals surface area (Å²) in [5.74, 6) is 0. The molecule has 0 atom stereocenters. The van der Waals surface area contributed by atoms with E-state index in [1.807, 2.05) is 0 Å². The van der Waals surface area contributed by atoms with Crippen molar-refractivity contribution in [3.8, 4) is 67.0 Å². The van der Waals surface area contributed by atoms with Crippen LogP contribution in [0.4, 0.5) is 0 Å². The number of hydrogen-bond acceptors (Lipinski definition) is 0. The van der Waals surface area contributed by atoms with Crippen LogP contribution in [0.2, 0.25) is 0 Å². The zero-order valence-electron chi connectivity index (χ0n) is 47.7. The SMILES string of the molecule is c1ccc(-c2cc(-c3ccccc3)cc(-n3c4cccc5c6ccc(-c7cccc(-c8ccccc8-c8cccc(-n9c%10cccc%11c%12ccccc%12n%12c%13ccccc%13c%13ccc9c(c%11%10)c%13%12)c8)c7)cc6n6c7ccccc7c7ccc3c(c54)c76)c2)cc1. The molecule has 20 rings (SSSR count). The summed E-state index contributed by atoms with van der Waals surface area (Å²) < 4.78 is 10.1. The van der Waals surface area contributed by atoms with Crippen LogP contribution < -0.4 is 0 Å². The summed E-state index contributed by atoms with van der Waals surface area (Å²) >= 11 is 0. The minimum absolute atomic E-state index is 1.13. The third kappa shape index (κ3) is 6.52. The third-order valence-corrected chi connectivity index (χ3v) is 19.4. The Balaban J connectivity index is 0.753. The first-order chi connectivity index (χ1) is 43.7. The van der Waals surface area contributed by atoms with Crippen molar-refractivity contribution in [3.05, 3.63) is 303 Å². The second kappa shape index (κ2) is 17.9. The predicted octanol–water partition coefficient (Wildman–Crippen LogP) is 22.5. The molecule has 0 aliphatic carbocycles. The Bertz CT molecular complexity index is 6230. The lowest BCUT2D eigenvalue weighted by atomic mass is 9.92. The van der Waals surface area contributed by atoms with Gasteiger partial charge in [0.1, 0.15) is 0 Å². The molecular weight excluding hydrogens is 1060 g/mol. The van der Waals surface area contributed by atoms with Crippen LogP contribution in [0.25, 0.3) is 187 Å². The van der Waals surface area contributed by atoms with Crippen molar-refractivity contribution >= 4 is 120 Å². The maximum atomic E-state index is 2.57. The molecule has 0 bridgehead atoms. The Morgan fingerprint density at radius 1 is 0.170 bits per heavy atom. The molecular formula is C84H50N4. The fraction of sp³-hybridized carbons (Fsp3) is 0. The van der Waals surface area contributed by atoms with Crippen LogP contribution in [0.15, 0.2) is 303 Å². The lowest BCUT2D eigenvalue weighted by Crippen LogP contribution is -1.96. The van der Waals surface area contributed by atoms with Gasteiger partial charge >= 0.3 is 0 Å². The van der Waals surface area contributed by atoms with E-state index in [1.54, 1.807) is 0 Å². The molecule has 0 saturated carbocycles. The highest BCUT2D eigenvalue weighted by Crippen LogP contribution is 2.49. The highest BCUT2D eigenvalue weighted by molar-refractivity contribution is 6.35. The largest absolute Gasteiger partial charge is 0.309 e. The highest BCUT2D eigenvalue weighted by Gasteiger charge is 2.26. The van der Waals surface area contributed by atoms with E-state index in [2.05, 4.69) is 321 Å². The minimum atomic E-state index is 1.13. The van der Waals surface area contributed by atoms with Crippen LogP contribution >= 0.6 is 0 Å². The molecule has 0 unspecified atom stereocenters. The topological polar surface area (TPSA) is 18.7 Å². The van der Waals surface area contributed by atoms with Gasteiger partial charge in [0, 0.05) is 65.2 Å². The number of benzene rings is 14. The average molecular weight is 1120 g/mol. The molecule has 0 aliphatic heterocycles. The molecule has 4 heteroatoms. The first-order valence-corrected chi connectivity index (χ1v) is 30.5. The van der Waals surface area contributed by atoms with Crippen molar-refractivity contribution in [1.82, 2.24) is 17.9 Å². The van der Waals surface area contributed by atoms with E-state index in [-0.39, 0.29) is 0 Å². The minimum Gasteiger partial charge on any atom is -0.309 e. The monoisotopic (exact) mass is 1110 g/mol. The summed E-state index contributed by atoms with van der Waals surface area (Å²) in [6.45, 7) is 0. The van der Waals surface area contributed by atoms with E-state index in [1.165, 1.54) is 175 Å². The van der Waals surface area contributed by atoms with E-state index in [0.29, 0.717) is 0 Å². The molecule has 0 spiro atoms. The maximum Gasteiger partial charge on any atom is 0.0641 e. The molecule has 20 aromatic rings. The van der Waals surface area contributed by atoms with Crippen molar-refractivity contribution < 1.29 is 0 Å². The number of para-hydroxylation sites is 3. The van der Waals surface area contributed by atoms with Crippen molar-refractivity contribution in [2.24, 2.45) is 0 Å². The number of rotatable bonds is 7. The lowest BCUT2D eigenvalue weighted by molar-refractivity contribution is 1.18. The molecule has 0 radical (unpaired) electrons. The number of fused-ring (bicyclic) bond motifs is 12. The van der Waals surface area contributed by atoms with Crippen LogP contribution in [0.5, 0.6) is 0 Å². The smallest absolute Gasteiger partial charge is 0.0641 e. The van der Waals surface area contributed by atoms with E-state index >= 15 is 0 Å². The van der Waals surface area contributed by atoms with Gasteiger partial charge in [-0.05, 0) is 151 Å². The zero-order chi connectivity index (χ0) is 57.3. The fourth-order valence-electron chi connectivity index (χ4n) is 15.7. The van der Waals surface area contributed by atoms with Gasteiger partial charge in [-0.1, -0.05) is 218 Å². The second-order valence-electron chi connectivity index (χ2n) is 23.9. The van der Waals surface area contributed by atoms with Gasteiger partial charge in [-0.3, -0.25) is 0 Å². The van der Waals surface area contributed by atoms with E-state index in [0.717, 1.165) is 11.4 Å². The summed E-state index contributed by atoms with van der Waals surface area (Å²) in [5, 5.41) is 15.2. The van der Waals surface area contributed by atoms with E-state index in [9.17, 15) is 0 Å². The van der Waals surface area contributed by atoms with Gasteiger partial charge in [0.25, 0.3) is 0 Å². The zero-order valence-corrected chi connectivity index (χ0v) is 47.7. The van der Waals surface area contributed by atoms with Crippen molar-refractivity contribution in [2.45, 2.75) is 0 Å². The summed E-state index contributed by atoms with van der Waals surface area (Å²) in [6, 6.07) is 113. The number of aromatic nitrogens is 4. The Morgan fingerprint density at radius 3 is 1.11 bits per heavy atom. The summed E-state index contributed by atoms with van der Waals surface area (Å²) in [5.41, 5.74) is 26.2. The van der Waals surface area contributed by atoms with Crippen molar-refractivity contribution in [1.29, 1.82) is 0 Å². The first-order valence-electron chi connectivity index (χ1n) is 30.5. The normalized spacial score (nSPS) is 12.3. The molecule has 0 amide bonds. The van der Waals surface area contributed by atoms with Crippen molar-refractivity contribution in [2.75, 3.05) is 0 Å². The second-order valence-corrected chi connectivity index (χ2v) is 23.9. The van der Waals surface area contributed by atoms with Gasteiger partial charge in [0.2, 0.25) is 0 Å². The molecule has 6 heterocycles. The van der Waals surface area contributed by atoms with Gasteiger partial charge in [-0.15, -0.1) is 0 Å². The quantitative estimate of drug-likeness (QED) is 0.151. The molecule has 0 saturated heterocycles. The summed E-state index contributed by atoms with van der Waals surface area (Å²) in [4.78, 5) is 0. The van der Waals surface area contributed by atoms with Gasteiger partial charge in [-0.2, -0.15) is 0 Å². The van der Waals surface area contributed by atoms with Crippen LogP contribution in [0, 0.1) is 0 Å². The van der Waals surface area contributed by atoms with Gasteiger partial charge < -0.3 is 17.9 Å². The van der Waals surface area contributed by atoms with Crippen LogP contribution in [0.3, 0.4) is 0 Å². The van der Waals surface area contributed by atoms with E-state index < -0.39 is 0 Å². The standard InChI is InChI=1S/C84H50N4/c1-3-19-51(20-4-1)57-46-58(52-21-5-2-6-22-52)49-60(48-57)86-75-38-18-33-68-66-40-39-54(50-78(66)88-73-36-14-11-31-65(73)70-42-44-77(86)82(80(68)75)84(70)88)53-23-15-24-55(45-53)61-27-7-8-28-62(61)56-25-16-26-59(47-56)85-74-37-17-32-67-63-29-9-12-34-71(63)87-72-35-13-10-30-64(72)69-41-43-76(85)81(79(67)74)83(69)87/h1-50H. The Kier molecular flexibility index (Phi) is 9.69. The lowest BCUT2D eigenvalue weighted by Gasteiger charge is -2.15. The molecule has 4 nitrogen and oxygen atoms in total. The molecule has 0 N–H and O–H groups in total. The molecule has 88 heavy (non-hydrogen) atoms. The third-order valence-electron chi connectivity index (χ3n) is 19.4.